The standard InChI is InChI=1S/C15H24N4O2.2ClH/c16-10-12-2-1-3-14(12)15(20)19-7-5-18(6-8-19)11-13-4-9-21-17-13;;/h4,9,12,14H,1-3,5-8,10-11,16H2;2*1H/t12-,14-;;/m1../s1. The second-order valence-electron chi connectivity index (χ2n) is 6.13. The molecular formula is C15H26Cl2N4O2. The average molecular weight is 365 g/mol. The van der Waals surface area contributed by atoms with Gasteiger partial charge < -0.3 is 15.2 Å². The number of carbonyl (C=O) groups is 1. The first-order valence-corrected chi connectivity index (χ1v) is 7.88. The van der Waals surface area contributed by atoms with Crippen molar-refractivity contribution in [1.29, 1.82) is 0 Å². The van der Waals surface area contributed by atoms with Crippen LogP contribution in [-0.2, 0) is 11.3 Å². The highest BCUT2D eigenvalue weighted by molar-refractivity contribution is 5.85. The minimum atomic E-state index is 0. The first-order chi connectivity index (χ1) is 10.3. The van der Waals surface area contributed by atoms with Crippen molar-refractivity contribution in [3.8, 4) is 0 Å². The summed E-state index contributed by atoms with van der Waals surface area (Å²) in [6.45, 7) is 4.86. The molecule has 1 amide bonds. The third-order valence-corrected chi connectivity index (χ3v) is 4.84. The first-order valence-electron chi connectivity index (χ1n) is 7.88. The fraction of sp³-hybridized carbons (Fsp3) is 0.733. The lowest BCUT2D eigenvalue weighted by atomic mass is 9.94. The lowest BCUT2D eigenvalue weighted by molar-refractivity contribution is -0.138. The van der Waals surface area contributed by atoms with Crippen LogP contribution in [0.4, 0.5) is 0 Å². The minimum absolute atomic E-state index is 0. The third-order valence-electron chi connectivity index (χ3n) is 4.84. The summed E-state index contributed by atoms with van der Waals surface area (Å²) in [6.07, 6.45) is 4.87. The van der Waals surface area contributed by atoms with E-state index < -0.39 is 0 Å². The molecule has 8 heteroatoms. The molecular weight excluding hydrogens is 339 g/mol. The molecule has 0 bridgehead atoms. The molecule has 1 aromatic rings. The van der Waals surface area contributed by atoms with E-state index in [0.717, 1.165) is 57.7 Å². The van der Waals surface area contributed by atoms with E-state index in [4.69, 9.17) is 10.3 Å². The van der Waals surface area contributed by atoms with Gasteiger partial charge in [0.05, 0.1) is 5.69 Å². The molecule has 0 spiro atoms. The summed E-state index contributed by atoms with van der Waals surface area (Å²) < 4.78 is 4.85. The van der Waals surface area contributed by atoms with E-state index in [9.17, 15) is 4.79 Å². The van der Waals surface area contributed by atoms with E-state index in [1.807, 2.05) is 11.0 Å². The van der Waals surface area contributed by atoms with Crippen molar-refractivity contribution in [2.24, 2.45) is 17.6 Å². The van der Waals surface area contributed by atoms with Crippen LogP contribution < -0.4 is 5.73 Å². The van der Waals surface area contributed by atoms with Crippen LogP contribution in [0.25, 0.3) is 0 Å². The highest BCUT2D eigenvalue weighted by Gasteiger charge is 2.35. The van der Waals surface area contributed by atoms with Gasteiger partial charge in [0.1, 0.15) is 6.26 Å². The molecule has 3 rings (SSSR count). The average Bonchev–Trinajstić information content (AvgIpc) is 3.18. The van der Waals surface area contributed by atoms with Gasteiger partial charge in [-0.25, -0.2) is 0 Å². The van der Waals surface area contributed by atoms with E-state index in [0.29, 0.717) is 18.4 Å². The highest BCUT2D eigenvalue weighted by atomic mass is 35.5. The van der Waals surface area contributed by atoms with Crippen LogP contribution in [0.3, 0.4) is 0 Å². The normalized spacial score (nSPS) is 24.8. The number of nitrogens with zero attached hydrogens (tertiary/aromatic N) is 3. The Balaban J connectivity index is 0.00000132. The summed E-state index contributed by atoms with van der Waals surface area (Å²) in [7, 11) is 0. The molecule has 0 radical (unpaired) electrons. The van der Waals surface area contributed by atoms with Crippen molar-refractivity contribution in [3.63, 3.8) is 0 Å². The first kappa shape index (κ1) is 20.2. The lowest BCUT2D eigenvalue weighted by Crippen LogP contribution is -2.50. The Morgan fingerprint density at radius 1 is 1.26 bits per heavy atom. The maximum Gasteiger partial charge on any atom is 0.226 e. The van der Waals surface area contributed by atoms with Gasteiger partial charge in [-0.15, -0.1) is 24.8 Å². The van der Waals surface area contributed by atoms with E-state index in [-0.39, 0.29) is 30.7 Å². The van der Waals surface area contributed by atoms with Crippen LogP contribution in [0.2, 0.25) is 0 Å². The largest absolute Gasteiger partial charge is 0.364 e. The van der Waals surface area contributed by atoms with E-state index in [2.05, 4.69) is 10.1 Å². The summed E-state index contributed by atoms with van der Waals surface area (Å²) in [5.41, 5.74) is 6.75. The van der Waals surface area contributed by atoms with E-state index in [1.54, 1.807) is 6.26 Å². The van der Waals surface area contributed by atoms with Crippen molar-refractivity contribution in [2.75, 3.05) is 32.7 Å². The Kier molecular flexibility index (Phi) is 8.33. The predicted molar refractivity (Wildman–Crippen MR) is 92.7 cm³/mol. The number of carbonyl (C=O) groups excluding carboxylic acids is 1. The van der Waals surface area contributed by atoms with Gasteiger partial charge in [0, 0.05) is 44.7 Å². The summed E-state index contributed by atoms with van der Waals surface area (Å²) in [4.78, 5) is 17.0. The molecule has 1 aromatic heterocycles. The highest BCUT2D eigenvalue weighted by Crippen LogP contribution is 2.32. The molecule has 2 atom stereocenters. The zero-order valence-corrected chi connectivity index (χ0v) is 14.9. The monoisotopic (exact) mass is 364 g/mol. The Morgan fingerprint density at radius 2 is 2.00 bits per heavy atom. The SMILES string of the molecule is Cl.Cl.NC[C@H]1CCC[C@H]1C(=O)N1CCN(Cc2ccon2)CC1. The molecule has 1 aliphatic carbocycles. The van der Waals surface area contributed by atoms with Crippen molar-refractivity contribution < 1.29 is 9.32 Å². The topological polar surface area (TPSA) is 75.6 Å². The van der Waals surface area contributed by atoms with Crippen LogP contribution in [-0.4, -0.2) is 53.6 Å². The number of rotatable bonds is 4. The molecule has 1 aliphatic heterocycles. The number of piperazine rings is 1. The number of hydrogen-bond donors (Lipinski definition) is 1. The van der Waals surface area contributed by atoms with Gasteiger partial charge in [-0.2, -0.15) is 0 Å². The molecule has 1 saturated heterocycles. The summed E-state index contributed by atoms with van der Waals surface area (Å²) >= 11 is 0. The lowest BCUT2D eigenvalue weighted by Gasteiger charge is -2.36. The molecule has 2 fully saturated rings. The molecule has 132 valence electrons. The van der Waals surface area contributed by atoms with Gasteiger partial charge in [0.25, 0.3) is 0 Å². The Morgan fingerprint density at radius 3 is 2.61 bits per heavy atom. The fourth-order valence-electron chi connectivity index (χ4n) is 3.55. The van der Waals surface area contributed by atoms with Crippen LogP contribution in [0, 0.1) is 11.8 Å². The molecule has 0 aromatic carbocycles. The minimum Gasteiger partial charge on any atom is -0.364 e. The Hall–Kier alpha value is -0.820. The number of amides is 1. The van der Waals surface area contributed by atoms with Crippen LogP contribution in [0.15, 0.2) is 16.9 Å². The molecule has 1 saturated carbocycles. The van der Waals surface area contributed by atoms with Gasteiger partial charge in [-0.1, -0.05) is 11.6 Å². The van der Waals surface area contributed by atoms with Crippen molar-refractivity contribution in [2.45, 2.75) is 25.8 Å². The molecule has 2 aliphatic rings. The number of halogens is 2. The molecule has 0 unspecified atom stereocenters. The Labute approximate surface area is 149 Å². The molecule has 6 nitrogen and oxygen atoms in total. The number of nitrogens with two attached hydrogens (primary N) is 1. The maximum absolute atomic E-state index is 12.6. The van der Waals surface area contributed by atoms with Gasteiger partial charge in [0.15, 0.2) is 0 Å². The second-order valence-corrected chi connectivity index (χ2v) is 6.13. The van der Waals surface area contributed by atoms with Crippen molar-refractivity contribution >= 4 is 30.7 Å². The van der Waals surface area contributed by atoms with Crippen molar-refractivity contribution in [3.05, 3.63) is 18.0 Å². The Bertz CT molecular complexity index is 464. The quantitative estimate of drug-likeness (QED) is 0.876. The fourth-order valence-corrected chi connectivity index (χ4v) is 3.55. The zero-order chi connectivity index (χ0) is 14.7. The number of aromatic nitrogens is 1. The smallest absolute Gasteiger partial charge is 0.226 e. The summed E-state index contributed by atoms with van der Waals surface area (Å²) in [5, 5.41) is 3.94. The van der Waals surface area contributed by atoms with Crippen LogP contribution in [0.5, 0.6) is 0 Å². The molecule has 2 heterocycles. The van der Waals surface area contributed by atoms with Gasteiger partial charge in [0.2, 0.25) is 5.91 Å². The van der Waals surface area contributed by atoms with E-state index in [1.165, 1.54) is 0 Å². The van der Waals surface area contributed by atoms with Gasteiger partial charge in [-0.3, -0.25) is 9.69 Å². The maximum atomic E-state index is 12.6. The molecule has 23 heavy (non-hydrogen) atoms. The summed E-state index contributed by atoms with van der Waals surface area (Å²) in [6, 6.07) is 1.89. The van der Waals surface area contributed by atoms with Crippen LogP contribution >= 0.6 is 24.8 Å². The predicted octanol–water partition coefficient (Wildman–Crippen LogP) is 1.54. The molecule has 2 N–H and O–H groups in total. The number of hydrogen-bond acceptors (Lipinski definition) is 5. The van der Waals surface area contributed by atoms with Gasteiger partial charge >= 0.3 is 0 Å². The van der Waals surface area contributed by atoms with E-state index >= 15 is 0 Å². The third kappa shape index (κ3) is 4.83. The summed E-state index contributed by atoms with van der Waals surface area (Å²) in [5.74, 6) is 0.881. The van der Waals surface area contributed by atoms with Gasteiger partial charge in [-0.05, 0) is 25.3 Å². The van der Waals surface area contributed by atoms with Crippen LogP contribution in [0.1, 0.15) is 25.0 Å². The van der Waals surface area contributed by atoms with Crippen molar-refractivity contribution in [1.82, 2.24) is 15.0 Å². The second kappa shape index (κ2) is 9.47. The zero-order valence-electron chi connectivity index (χ0n) is 13.2.